The van der Waals surface area contributed by atoms with Crippen LogP contribution in [0, 0.1) is 5.92 Å². The van der Waals surface area contributed by atoms with Crippen molar-refractivity contribution in [2.24, 2.45) is 11.7 Å². The summed E-state index contributed by atoms with van der Waals surface area (Å²) in [5, 5.41) is 3.42. The Bertz CT molecular complexity index is 370. The van der Waals surface area contributed by atoms with E-state index in [2.05, 4.69) is 10.1 Å². The zero-order valence-electron chi connectivity index (χ0n) is 8.12. The van der Waals surface area contributed by atoms with E-state index in [1.165, 1.54) is 4.68 Å². The summed E-state index contributed by atoms with van der Waals surface area (Å²) < 4.78 is 38.2. The molecule has 0 spiro atoms. The second-order valence-corrected chi connectivity index (χ2v) is 3.92. The third-order valence-electron chi connectivity index (χ3n) is 2.43. The normalized spacial score (nSPS) is 26.5. The molecule has 0 amide bonds. The summed E-state index contributed by atoms with van der Waals surface area (Å²) in [6, 6.07) is -0.447. The number of hydrogen-bond donors (Lipinski definition) is 1. The van der Waals surface area contributed by atoms with Crippen LogP contribution in [0.2, 0.25) is 0 Å². The Morgan fingerprint density at radius 2 is 2.13 bits per heavy atom. The third kappa shape index (κ3) is 1.83. The molecule has 0 bridgehead atoms. The van der Waals surface area contributed by atoms with Crippen molar-refractivity contribution in [3.8, 4) is 0 Å². The van der Waals surface area contributed by atoms with Crippen molar-refractivity contribution in [3.63, 3.8) is 0 Å². The molecule has 0 saturated carbocycles. The first-order valence-corrected chi connectivity index (χ1v) is 4.65. The topological polar surface area (TPSA) is 56.7 Å². The maximum Gasteiger partial charge on any atom is 0.453 e. The average Bonchev–Trinajstić information content (AvgIpc) is 2.46. The van der Waals surface area contributed by atoms with Gasteiger partial charge in [0.2, 0.25) is 0 Å². The number of nitrogens with zero attached hydrogens (tertiary/aromatic N) is 3. The molecule has 2 atom stereocenters. The molecule has 0 aromatic carbocycles. The molecule has 15 heavy (non-hydrogen) atoms. The standard InChI is InChI=1S/C8H11F3N4/c1-4-2-5(12)6-13-7(8(9,10)11)14-15(6)3-4/h4-5H,2-3,12H2,1H3. The summed E-state index contributed by atoms with van der Waals surface area (Å²) in [7, 11) is 0. The monoisotopic (exact) mass is 220 g/mol. The van der Waals surface area contributed by atoms with E-state index < -0.39 is 18.0 Å². The lowest BCUT2D eigenvalue weighted by atomic mass is 9.98. The highest BCUT2D eigenvalue weighted by molar-refractivity contribution is 5.03. The highest BCUT2D eigenvalue weighted by Gasteiger charge is 2.38. The maximum absolute atomic E-state index is 12.3. The van der Waals surface area contributed by atoms with Gasteiger partial charge in [0.15, 0.2) is 0 Å². The molecular weight excluding hydrogens is 209 g/mol. The van der Waals surface area contributed by atoms with Crippen molar-refractivity contribution in [2.45, 2.75) is 32.1 Å². The Balaban J connectivity index is 2.39. The van der Waals surface area contributed by atoms with Crippen LogP contribution < -0.4 is 5.73 Å². The van der Waals surface area contributed by atoms with Crippen LogP contribution in [0.5, 0.6) is 0 Å². The van der Waals surface area contributed by atoms with Crippen LogP contribution in [-0.2, 0) is 12.7 Å². The predicted molar refractivity (Wildman–Crippen MR) is 45.7 cm³/mol. The molecule has 1 aliphatic heterocycles. The molecule has 0 aliphatic carbocycles. The quantitative estimate of drug-likeness (QED) is 0.717. The van der Waals surface area contributed by atoms with Crippen molar-refractivity contribution in [2.75, 3.05) is 0 Å². The molecule has 7 heteroatoms. The average molecular weight is 220 g/mol. The summed E-state index contributed by atoms with van der Waals surface area (Å²) in [4.78, 5) is 3.44. The molecule has 0 saturated heterocycles. The highest BCUT2D eigenvalue weighted by atomic mass is 19.4. The molecule has 1 aromatic heterocycles. The van der Waals surface area contributed by atoms with Crippen LogP contribution in [-0.4, -0.2) is 14.8 Å². The Morgan fingerprint density at radius 3 is 2.73 bits per heavy atom. The van der Waals surface area contributed by atoms with Crippen molar-refractivity contribution in [3.05, 3.63) is 11.6 Å². The summed E-state index contributed by atoms with van der Waals surface area (Å²) in [5.41, 5.74) is 5.70. The first-order valence-electron chi connectivity index (χ1n) is 4.65. The number of halogens is 3. The summed E-state index contributed by atoms with van der Waals surface area (Å²) in [6.07, 6.45) is -3.84. The largest absolute Gasteiger partial charge is 0.453 e. The van der Waals surface area contributed by atoms with E-state index in [0.717, 1.165) is 0 Å². The van der Waals surface area contributed by atoms with Gasteiger partial charge >= 0.3 is 6.18 Å². The second kappa shape index (κ2) is 3.19. The van der Waals surface area contributed by atoms with Crippen LogP contribution in [0.3, 0.4) is 0 Å². The van der Waals surface area contributed by atoms with Gasteiger partial charge in [-0.25, -0.2) is 9.67 Å². The van der Waals surface area contributed by atoms with Gasteiger partial charge in [-0.1, -0.05) is 6.92 Å². The SMILES string of the molecule is CC1CC(N)c2nc(C(F)(F)F)nn2C1. The van der Waals surface area contributed by atoms with E-state index in [0.29, 0.717) is 13.0 Å². The number of alkyl halides is 3. The molecule has 2 N–H and O–H groups in total. The Hall–Kier alpha value is -1.11. The molecule has 4 nitrogen and oxygen atoms in total. The highest BCUT2D eigenvalue weighted by Crippen LogP contribution is 2.30. The van der Waals surface area contributed by atoms with Crippen molar-refractivity contribution in [1.29, 1.82) is 0 Å². The molecule has 2 heterocycles. The van der Waals surface area contributed by atoms with Gasteiger partial charge in [0, 0.05) is 6.54 Å². The summed E-state index contributed by atoms with van der Waals surface area (Å²) in [5.74, 6) is -0.627. The third-order valence-corrected chi connectivity index (χ3v) is 2.43. The summed E-state index contributed by atoms with van der Waals surface area (Å²) >= 11 is 0. The molecule has 1 aromatic rings. The Kier molecular flexibility index (Phi) is 2.22. The zero-order valence-corrected chi connectivity index (χ0v) is 8.12. The van der Waals surface area contributed by atoms with Crippen molar-refractivity contribution >= 4 is 0 Å². The number of nitrogens with two attached hydrogens (primary N) is 1. The first-order chi connectivity index (χ1) is 6.88. The van der Waals surface area contributed by atoms with Crippen LogP contribution in [0.1, 0.15) is 31.0 Å². The number of fused-ring (bicyclic) bond motifs is 1. The molecule has 84 valence electrons. The van der Waals surface area contributed by atoms with Crippen LogP contribution >= 0.6 is 0 Å². The van der Waals surface area contributed by atoms with E-state index >= 15 is 0 Å². The fourth-order valence-electron chi connectivity index (χ4n) is 1.79. The van der Waals surface area contributed by atoms with Gasteiger partial charge in [-0.05, 0) is 12.3 Å². The molecule has 0 radical (unpaired) electrons. The minimum atomic E-state index is -4.49. The number of hydrogen-bond acceptors (Lipinski definition) is 3. The smallest absolute Gasteiger partial charge is 0.321 e. The van der Waals surface area contributed by atoms with Gasteiger partial charge in [0.1, 0.15) is 5.82 Å². The lowest BCUT2D eigenvalue weighted by molar-refractivity contribution is -0.145. The first kappa shape index (κ1) is 10.4. The maximum atomic E-state index is 12.3. The van der Waals surface area contributed by atoms with Crippen LogP contribution in [0.25, 0.3) is 0 Å². The van der Waals surface area contributed by atoms with Crippen LogP contribution in [0.15, 0.2) is 0 Å². The van der Waals surface area contributed by atoms with Gasteiger partial charge in [-0.2, -0.15) is 13.2 Å². The van der Waals surface area contributed by atoms with E-state index in [9.17, 15) is 13.2 Å². The minimum absolute atomic E-state index is 0.232. The van der Waals surface area contributed by atoms with Gasteiger partial charge in [0.05, 0.1) is 6.04 Å². The van der Waals surface area contributed by atoms with Crippen LogP contribution in [0.4, 0.5) is 13.2 Å². The summed E-state index contributed by atoms with van der Waals surface area (Å²) in [6.45, 7) is 2.38. The Morgan fingerprint density at radius 1 is 1.47 bits per heavy atom. The second-order valence-electron chi connectivity index (χ2n) is 3.92. The van der Waals surface area contributed by atoms with Gasteiger partial charge in [-0.15, -0.1) is 5.10 Å². The van der Waals surface area contributed by atoms with E-state index in [4.69, 9.17) is 5.73 Å². The minimum Gasteiger partial charge on any atom is -0.321 e. The van der Waals surface area contributed by atoms with Crippen molar-refractivity contribution in [1.82, 2.24) is 14.8 Å². The zero-order chi connectivity index (χ0) is 11.2. The van der Waals surface area contributed by atoms with Gasteiger partial charge in [-0.3, -0.25) is 0 Å². The Labute approximate surface area is 84.3 Å². The lowest BCUT2D eigenvalue weighted by Crippen LogP contribution is -2.27. The molecule has 2 unspecified atom stereocenters. The van der Waals surface area contributed by atoms with E-state index in [1.807, 2.05) is 6.92 Å². The number of rotatable bonds is 0. The molecule has 0 fully saturated rings. The van der Waals surface area contributed by atoms with Crippen molar-refractivity contribution < 1.29 is 13.2 Å². The molecule has 2 rings (SSSR count). The van der Waals surface area contributed by atoms with Gasteiger partial charge in [0.25, 0.3) is 5.82 Å². The molecule has 1 aliphatic rings. The van der Waals surface area contributed by atoms with Gasteiger partial charge < -0.3 is 5.73 Å². The number of aromatic nitrogens is 3. The fraction of sp³-hybridized carbons (Fsp3) is 0.750. The van der Waals surface area contributed by atoms with E-state index in [-0.39, 0.29) is 11.7 Å². The predicted octanol–water partition coefficient (Wildman–Crippen LogP) is 1.34. The molecular formula is C8H11F3N4. The fourth-order valence-corrected chi connectivity index (χ4v) is 1.79. The van der Waals surface area contributed by atoms with E-state index in [1.54, 1.807) is 0 Å². The lowest BCUT2D eigenvalue weighted by Gasteiger charge is -2.23.